The van der Waals surface area contributed by atoms with E-state index in [0.717, 1.165) is 38.0 Å². The van der Waals surface area contributed by atoms with Crippen LogP contribution in [-0.4, -0.2) is 24.5 Å². The minimum atomic E-state index is -0.294. The van der Waals surface area contributed by atoms with Crippen LogP contribution in [0.1, 0.15) is 31.2 Å². The molecule has 0 aliphatic carbocycles. The molecule has 1 saturated heterocycles. The number of nitrogens with zero attached hydrogens (tertiary/aromatic N) is 1. The second-order valence-corrected chi connectivity index (χ2v) is 4.73. The number of benzene rings is 1. The molecule has 1 aliphatic rings. The van der Waals surface area contributed by atoms with E-state index in [4.69, 9.17) is 11.6 Å². The average Bonchev–Trinajstić information content (AvgIpc) is 2.33. The Morgan fingerprint density at radius 1 is 1.38 bits per heavy atom. The highest BCUT2D eigenvalue weighted by molar-refractivity contribution is 6.31. The Bertz CT molecular complexity index is 359. The number of hydrogen-bond acceptors (Lipinski definition) is 1. The first-order valence-electron chi connectivity index (χ1n) is 5.88. The lowest BCUT2D eigenvalue weighted by Crippen LogP contribution is -2.32. The van der Waals surface area contributed by atoms with Crippen LogP contribution in [0.15, 0.2) is 18.2 Å². The zero-order chi connectivity index (χ0) is 11.5. The zero-order valence-corrected chi connectivity index (χ0v) is 10.3. The van der Waals surface area contributed by atoms with E-state index in [2.05, 4.69) is 11.8 Å². The molecule has 1 fully saturated rings. The zero-order valence-electron chi connectivity index (χ0n) is 9.55. The van der Waals surface area contributed by atoms with Crippen molar-refractivity contribution < 1.29 is 4.39 Å². The van der Waals surface area contributed by atoms with E-state index in [1.165, 1.54) is 6.07 Å². The smallest absolute Gasteiger partial charge is 0.142 e. The normalized spacial score (nSPS) is 18.9. The highest BCUT2D eigenvalue weighted by Crippen LogP contribution is 2.33. The van der Waals surface area contributed by atoms with Gasteiger partial charge in [0.05, 0.1) is 5.02 Å². The van der Waals surface area contributed by atoms with Gasteiger partial charge in [-0.15, -0.1) is 0 Å². The largest absolute Gasteiger partial charge is 0.304 e. The molecular weight excluding hydrogens is 225 g/mol. The minimum Gasteiger partial charge on any atom is -0.304 e. The van der Waals surface area contributed by atoms with E-state index in [-0.39, 0.29) is 5.82 Å². The molecule has 0 unspecified atom stereocenters. The third-order valence-corrected chi connectivity index (χ3v) is 3.85. The summed E-state index contributed by atoms with van der Waals surface area (Å²) in [4.78, 5) is 2.42. The van der Waals surface area contributed by atoms with E-state index in [1.54, 1.807) is 6.07 Å². The van der Waals surface area contributed by atoms with Crippen LogP contribution < -0.4 is 0 Å². The molecule has 88 valence electrons. The van der Waals surface area contributed by atoms with Crippen molar-refractivity contribution in [2.45, 2.75) is 25.7 Å². The van der Waals surface area contributed by atoms with Crippen LogP contribution in [0.2, 0.25) is 5.02 Å². The first-order valence-corrected chi connectivity index (χ1v) is 6.26. The van der Waals surface area contributed by atoms with Crippen LogP contribution in [-0.2, 0) is 0 Å². The lowest BCUT2D eigenvalue weighted by atomic mass is 9.89. The molecule has 0 atom stereocenters. The molecule has 0 aromatic heterocycles. The number of halogens is 2. The summed E-state index contributed by atoms with van der Waals surface area (Å²) in [5.74, 6) is 0.128. The Kier molecular flexibility index (Phi) is 3.82. The van der Waals surface area contributed by atoms with Crippen molar-refractivity contribution >= 4 is 11.6 Å². The molecular formula is C13H17ClFN. The summed E-state index contributed by atoms with van der Waals surface area (Å²) >= 11 is 6.01. The fourth-order valence-electron chi connectivity index (χ4n) is 2.40. The standard InChI is InChI=1S/C13H17ClFN/c1-2-16-8-6-10(7-9-16)11-4-3-5-12(15)13(11)14/h3-5,10H,2,6-9H2,1H3. The number of rotatable bonds is 2. The molecule has 16 heavy (non-hydrogen) atoms. The van der Waals surface area contributed by atoms with Crippen molar-refractivity contribution in [2.24, 2.45) is 0 Å². The van der Waals surface area contributed by atoms with E-state index in [9.17, 15) is 4.39 Å². The van der Waals surface area contributed by atoms with Crippen molar-refractivity contribution in [3.8, 4) is 0 Å². The van der Waals surface area contributed by atoms with Gasteiger partial charge in [-0.2, -0.15) is 0 Å². The molecule has 0 N–H and O–H groups in total. The molecule has 0 bridgehead atoms. The second kappa shape index (κ2) is 5.15. The predicted molar refractivity (Wildman–Crippen MR) is 65.5 cm³/mol. The maximum absolute atomic E-state index is 13.3. The van der Waals surface area contributed by atoms with Gasteiger partial charge in [0.15, 0.2) is 0 Å². The molecule has 0 amide bonds. The first-order chi connectivity index (χ1) is 7.72. The maximum Gasteiger partial charge on any atom is 0.142 e. The fraction of sp³-hybridized carbons (Fsp3) is 0.538. The highest BCUT2D eigenvalue weighted by Gasteiger charge is 2.22. The van der Waals surface area contributed by atoms with Crippen molar-refractivity contribution in [2.75, 3.05) is 19.6 Å². The van der Waals surface area contributed by atoms with E-state index >= 15 is 0 Å². The SMILES string of the molecule is CCN1CCC(c2cccc(F)c2Cl)CC1. The second-order valence-electron chi connectivity index (χ2n) is 4.35. The highest BCUT2D eigenvalue weighted by atomic mass is 35.5. The number of likely N-dealkylation sites (tertiary alicyclic amines) is 1. The molecule has 1 aliphatic heterocycles. The van der Waals surface area contributed by atoms with E-state index < -0.39 is 0 Å². The van der Waals surface area contributed by atoms with E-state index in [1.807, 2.05) is 6.07 Å². The summed E-state index contributed by atoms with van der Waals surface area (Å²) in [7, 11) is 0. The Morgan fingerprint density at radius 3 is 2.69 bits per heavy atom. The summed E-state index contributed by atoms with van der Waals surface area (Å²) < 4.78 is 13.3. The predicted octanol–water partition coefficient (Wildman–Crippen LogP) is 3.68. The monoisotopic (exact) mass is 241 g/mol. The van der Waals surface area contributed by atoms with Crippen LogP contribution in [0.25, 0.3) is 0 Å². The Labute approximate surface area is 101 Å². The van der Waals surface area contributed by atoms with Gasteiger partial charge in [0, 0.05) is 0 Å². The molecule has 1 aromatic rings. The van der Waals surface area contributed by atoms with Crippen LogP contribution in [0.5, 0.6) is 0 Å². The molecule has 1 aromatic carbocycles. The van der Waals surface area contributed by atoms with Crippen molar-refractivity contribution in [1.29, 1.82) is 0 Å². The molecule has 0 saturated carbocycles. The van der Waals surface area contributed by atoms with Gasteiger partial charge in [-0.25, -0.2) is 4.39 Å². The van der Waals surface area contributed by atoms with E-state index in [0.29, 0.717) is 10.9 Å². The molecule has 1 heterocycles. The number of hydrogen-bond donors (Lipinski definition) is 0. The first kappa shape index (κ1) is 11.9. The molecule has 0 spiro atoms. The van der Waals surface area contributed by atoms with Crippen LogP contribution >= 0.6 is 11.6 Å². The molecule has 2 rings (SSSR count). The van der Waals surface area contributed by atoms with Gasteiger partial charge >= 0.3 is 0 Å². The third kappa shape index (κ3) is 2.38. The Morgan fingerprint density at radius 2 is 2.06 bits per heavy atom. The van der Waals surface area contributed by atoms with Crippen molar-refractivity contribution in [3.05, 3.63) is 34.6 Å². The van der Waals surface area contributed by atoms with Gasteiger partial charge in [-0.3, -0.25) is 0 Å². The van der Waals surface area contributed by atoms with Crippen molar-refractivity contribution in [3.63, 3.8) is 0 Å². The Balaban J connectivity index is 2.11. The van der Waals surface area contributed by atoms with Gasteiger partial charge < -0.3 is 4.90 Å². The van der Waals surface area contributed by atoms with Gasteiger partial charge in [0.2, 0.25) is 0 Å². The van der Waals surface area contributed by atoms with Crippen LogP contribution in [0.4, 0.5) is 4.39 Å². The van der Waals surface area contributed by atoms with Crippen molar-refractivity contribution in [1.82, 2.24) is 4.90 Å². The summed E-state index contributed by atoms with van der Waals surface area (Å²) in [6.07, 6.45) is 2.16. The molecule has 3 heteroatoms. The van der Waals surface area contributed by atoms with Gasteiger partial charge in [-0.05, 0) is 50.0 Å². The van der Waals surface area contributed by atoms with Gasteiger partial charge in [-0.1, -0.05) is 30.7 Å². The quantitative estimate of drug-likeness (QED) is 0.764. The topological polar surface area (TPSA) is 3.24 Å². The van der Waals surface area contributed by atoms with Crippen LogP contribution in [0, 0.1) is 5.82 Å². The van der Waals surface area contributed by atoms with Gasteiger partial charge in [0.25, 0.3) is 0 Å². The average molecular weight is 242 g/mol. The lowest BCUT2D eigenvalue weighted by Gasteiger charge is -2.31. The van der Waals surface area contributed by atoms with Gasteiger partial charge in [0.1, 0.15) is 5.82 Å². The maximum atomic E-state index is 13.3. The Hall–Kier alpha value is -0.600. The molecule has 1 nitrogen and oxygen atoms in total. The summed E-state index contributed by atoms with van der Waals surface area (Å²) in [6, 6.07) is 5.13. The summed E-state index contributed by atoms with van der Waals surface area (Å²) in [5, 5.41) is 0.317. The fourth-order valence-corrected chi connectivity index (χ4v) is 2.68. The lowest BCUT2D eigenvalue weighted by molar-refractivity contribution is 0.222. The third-order valence-electron chi connectivity index (χ3n) is 3.46. The summed E-state index contributed by atoms with van der Waals surface area (Å²) in [6.45, 7) is 5.46. The molecule has 0 radical (unpaired) electrons. The van der Waals surface area contributed by atoms with Crippen LogP contribution in [0.3, 0.4) is 0 Å². The number of piperidine rings is 1. The summed E-state index contributed by atoms with van der Waals surface area (Å²) in [5.41, 5.74) is 0.984. The minimum absolute atomic E-state index is 0.294.